The summed E-state index contributed by atoms with van der Waals surface area (Å²) in [4.78, 5) is 26.8. The first kappa shape index (κ1) is 19.6. The highest BCUT2D eigenvalue weighted by atomic mass is 16.2. The molecule has 1 saturated heterocycles. The number of anilines is 2. The lowest BCUT2D eigenvalue weighted by Crippen LogP contribution is -2.33. The summed E-state index contributed by atoms with van der Waals surface area (Å²) < 4.78 is 0. The molecule has 1 aliphatic heterocycles. The fraction of sp³-hybridized carbons (Fsp3) is 0.217. The van der Waals surface area contributed by atoms with Gasteiger partial charge in [-0.2, -0.15) is 0 Å². The number of aromatic nitrogens is 2. The molecule has 1 aromatic heterocycles. The summed E-state index contributed by atoms with van der Waals surface area (Å²) in [7, 11) is 0. The number of benzene rings is 2. The molecule has 0 radical (unpaired) electrons. The minimum Gasteiger partial charge on any atom is -0.357 e. The molecule has 0 spiro atoms. The Morgan fingerprint density at radius 1 is 1.03 bits per heavy atom. The standard InChI is InChI=1S/C23H23N5O2/c1-16-7-9-17(10-8-16)15-28-14-13-20(23(28)30)25-21-12-11-19(26-27-21)22(29)24-18-5-3-2-4-6-18/h2-12,20H,13-15H2,1H3,(H,24,29)(H,25,27). The molecule has 0 saturated carbocycles. The first-order chi connectivity index (χ1) is 14.6. The average molecular weight is 401 g/mol. The molecule has 7 heteroatoms. The number of aryl methyl sites for hydroxylation is 1. The van der Waals surface area contributed by atoms with Gasteiger partial charge < -0.3 is 15.5 Å². The minimum atomic E-state index is -0.339. The van der Waals surface area contributed by atoms with Gasteiger partial charge in [0.05, 0.1) is 0 Å². The van der Waals surface area contributed by atoms with Crippen LogP contribution in [-0.4, -0.2) is 39.5 Å². The lowest BCUT2D eigenvalue weighted by Gasteiger charge is -2.17. The van der Waals surface area contributed by atoms with Crippen LogP contribution in [0.3, 0.4) is 0 Å². The molecule has 1 fully saturated rings. The van der Waals surface area contributed by atoms with Crippen molar-refractivity contribution in [1.82, 2.24) is 15.1 Å². The van der Waals surface area contributed by atoms with Gasteiger partial charge in [0.2, 0.25) is 5.91 Å². The van der Waals surface area contributed by atoms with Gasteiger partial charge in [-0.25, -0.2) is 0 Å². The van der Waals surface area contributed by atoms with Gasteiger partial charge >= 0.3 is 0 Å². The van der Waals surface area contributed by atoms with E-state index in [-0.39, 0.29) is 23.6 Å². The van der Waals surface area contributed by atoms with E-state index in [2.05, 4.69) is 33.0 Å². The topological polar surface area (TPSA) is 87.2 Å². The van der Waals surface area contributed by atoms with E-state index in [4.69, 9.17) is 0 Å². The zero-order valence-corrected chi connectivity index (χ0v) is 16.7. The zero-order chi connectivity index (χ0) is 20.9. The summed E-state index contributed by atoms with van der Waals surface area (Å²) in [6.45, 7) is 3.33. The maximum atomic E-state index is 12.7. The number of hydrogen-bond donors (Lipinski definition) is 2. The Bertz CT molecular complexity index is 1020. The minimum absolute atomic E-state index is 0.0447. The number of nitrogens with one attached hydrogen (secondary N) is 2. The lowest BCUT2D eigenvalue weighted by atomic mass is 10.1. The van der Waals surface area contributed by atoms with Crippen LogP contribution >= 0.6 is 0 Å². The summed E-state index contributed by atoms with van der Waals surface area (Å²) >= 11 is 0. The van der Waals surface area contributed by atoms with E-state index < -0.39 is 0 Å². The molecule has 2 aromatic carbocycles. The zero-order valence-electron chi connectivity index (χ0n) is 16.7. The molecular formula is C23H23N5O2. The second kappa shape index (κ2) is 8.73. The predicted octanol–water partition coefficient (Wildman–Crippen LogP) is 3.25. The largest absolute Gasteiger partial charge is 0.357 e. The second-order valence-electron chi connectivity index (χ2n) is 7.35. The molecule has 1 unspecified atom stereocenters. The Morgan fingerprint density at radius 3 is 2.50 bits per heavy atom. The normalized spacial score (nSPS) is 15.8. The molecule has 2 N–H and O–H groups in total. The van der Waals surface area contributed by atoms with Gasteiger partial charge in [-0.1, -0.05) is 48.0 Å². The molecule has 152 valence electrons. The molecule has 0 bridgehead atoms. The third-order valence-electron chi connectivity index (χ3n) is 5.04. The van der Waals surface area contributed by atoms with Gasteiger partial charge in [-0.05, 0) is 43.2 Å². The van der Waals surface area contributed by atoms with Crippen molar-refractivity contribution in [3.63, 3.8) is 0 Å². The monoisotopic (exact) mass is 401 g/mol. The Hall–Kier alpha value is -3.74. The van der Waals surface area contributed by atoms with Gasteiger partial charge in [0.25, 0.3) is 5.91 Å². The summed E-state index contributed by atoms with van der Waals surface area (Å²) in [5, 5.41) is 14.0. The second-order valence-corrected chi connectivity index (χ2v) is 7.35. The molecule has 1 aliphatic rings. The summed E-state index contributed by atoms with van der Waals surface area (Å²) in [5.74, 6) is 0.187. The van der Waals surface area contributed by atoms with E-state index in [9.17, 15) is 9.59 Å². The fourth-order valence-corrected chi connectivity index (χ4v) is 3.37. The number of nitrogens with zero attached hydrogens (tertiary/aromatic N) is 3. The molecule has 2 heterocycles. The molecule has 7 nitrogen and oxygen atoms in total. The molecule has 1 atom stereocenters. The molecule has 3 aromatic rings. The van der Waals surface area contributed by atoms with E-state index in [1.165, 1.54) is 5.56 Å². The smallest absolute Gasteiger partial charge is 0.276 e. The summed E-state index contributed by atoms with van der Waals surface area (Å²) in [5.41, 5.74) is 3.22. The van der Waals surface area contributed by atoms with Crippen LogP contribution in [-0.2, 0) is 11.3 Å². The van der Waals surface area contributed by atoms with Crippen LogP contribution in [0.25, 0.3) is 0 Å². The maximum absolute atomic E-state index is 12.7. The number of para-hydroxylation sites is 1. The average Bonchev–Trinajstić information content (AvgIpc) is 3.10. The van der Waals surface area contributed by atoms with Gasteiger partial charge in [-0.3, -0.25) is 9.59 Å². The van der Waals surface area contributed by atoms with E-state index in [0.29, 0.717) is 31.0 Å². The number of hydrogen-bond acceptors (Lipinski definition) is 5. The van der Waals surface area contributed by atoms with Crippen molar-refractivity contribution in [3.8, 4) is 0 Å². The quantitative estimate of drug-likeness (QED) is 0.662. The van der Waals surface area contributed by atoms with E-state index in [0.717, 1.165) is 5.56 Å². The highest BCUT2D eigenvalue weighted by Crippen LogP contribution is 2.19. The molecule has 2 amide bonds. The van der Waals surface area contributed by atoms with E-state index >= 15 is 0 Å². The van der Waals surface area contributed by atoms with Crippen LogP contribution in [0.4, 0.5) is 11.5 Å². The Balaban J connectivity index is 1.33. The highest BCUT2D eigenvalue weighted by Gasteiger charge is 2.31. The van der Waals surface area contributed by atoms with Crippen molar-refractivity contribution in [1.29, 1.82) is 0 Å². The van der Waals surface area contributed by atoms with Crippen LogP contribution in [0.5, 0.6) is 0 Å². The first-order valence-electron chi connectivity index (χ1n) is 9.89. The Morgan fingerprint density at radius 2 is 1.80 bits per heavy atom. The van der Waals surface area contributed by atoms with Crippen LogP contribution in [0.1, 0.15) is 28.0 Å². The van der Waals surface area contributed by atoms with Crippen molar-refractivity contribution in [2.45, 2.75) is 25.9 Å². The number of rotatable bonds is 6. The highest BCUT2D eigenvalue weighted by molar-refractivity contribution is 6.02. The Labute approximate surface area is 175 Å². The van der Waals surface area contributed by atoms with Gasteiger partial charge in [0, 0.05) is 18.8 Å². The number of carbonyl (C=O) groups excluding carboxylic acids is 2. The maximum Gasteiger partial charge on any atom is 0.276 e. The van der Waals surface area contributed by atoms with E-state index in [1.807, 2.05) is 42.2 Å². The van der Waals surface area contributed by atoms with Crippen LogP contribution in [0, 0.1) is 6.92 Å². The third kappa shape index (κ3) is 4.63. The fourth-order valence-electron chi connectivity index (χ4n) is 3.37. The third-order valence-corrected chi connectivity index (χ3v) is 5.04. The number of amides is 2. The van der Waals surface area contributed by atoms with Crippen molar-refractivity contribution < 1.29 is 9.59 Å². The van der Waals surface area contributed by atoms with Gasteiger partial charge in [-0.15, -0.1) is 10.2 Å². The SMILES string of the molecule is Cc1ccc(CN2CCC(Nc3ccc(C(=O)Nc4ccccc4)nn3)C2=O)cc1. The molecular weight excluding hydrogens is 378 g/mol. The predicted molar refractivity (Wildman–Crippen MR) is 115 cm³/mol. The van der Waals surface area contributed by atoms with Crippen molar-refractivity contribution >= 4 is 23.3 Å². The van der Waals surface area contributed by atoms with Crippen molar-refractivity contribution in [3.05, 3.63) is 83.6 Å². The number of carbonyl (C=O) groups is 2. The van der Waals surface area contributed by atoms with E-state index in [1.54, 1.807) is 24.3 Å². The lowest BCUT2D eigenvalue weighted by molar-refractivity contribution is -0.128. The molecule has 0 aliphatic carbocycles. The van der Waals surface area contributed by atoms with Crippen molar-refractivity contribution in [2.24, 2.45) is 0 Å². The first-order valence-corrected chi connectivity index (χ1v) is 9.89. The summed E-state index contributed by atoms with van der Waals surface area (Å²) in [6.07, 6.45) is 0.697. The molecule has 4 rings (SSSR count). The van der Waals surface area contributed by atoms with Crippen LogP contribution in [0.15, 0.2) is 66.7 Å². The van der Waals surface area contributed by atoms with Crippen molar-refractivity contribution in [2.75, 3.05) is 17.2 Å². The van der Waals surface area contributed by atoms with Crippen LogP contribution < -0.4 is 10.6 Å². The molecule has 30 heavy (non-hydrogen) atoms. The number of likely N-dealkylation sites (tertiary alicyclic amines) is 1. The van der Waals surface area contributed by atoms with Gasteiger partial charge in [0.1, 0.15) is 11.9 Å². The summed E-state index contributed by atoms with van der Waals surface area (Å²) in [6, 6.07) is 20.3. The van der Waals surface area contributed by atoms with Gasteiger partial charge in [0.15, 0.2) is 5.69 Å². The van der Waals surface area contributed by atoms with Crippen LogP contribution in [0.2, 0.25) is 0 Å². The Kier molecular flexibility index (Phi) is 5.70.